The van der Waals surface area contributed by atoms with Crippen molar-refractivity contribution >= 4 is 11.8 Å². The largest absolute Gasteiger partial charge is 0.316 e. The molecular formula is C17H27NS. The van der Waals surface area contributed by atoms with Crippen molar-refractivity contribution < 1.29 is 0 Å². The van der Waals surface area contributed by atoms with Crippen LogP contribution in [0.5, 0.6) is 0 Å². The molecule has 0 aromatic heterocycles. The maximum atomic E-state index is 3.55. The number of benzene rings is 1. The van der Waals surface area contributed by atoms with Gasteiger partial charge in [0.25, 0.3) is 0 Å². The van der Waals surface area contributed by atoms with Crippen LogP contribution >= 0.6 is 11.8 Å². The predicted octanol–water partition coefficient (Wildman–Crippen LogP) is 4.56. The minimum absolute atomic E-state index is 0.673. The summed E-state index contributed by atoms with van der Waals surface area (Å²) in [4.78, 5) is 1.42. The van der Waals surface area contributed by atoms with E-state index in [1.807, 2.05) is 11.8 Å². The average Bonchev–Trinajstić information content (AvgIpc) is 2.44. The summed E-state index contributed by atoms with van der Waals surface area (Å²) in [5, 5.41) is 3.55. The third-order valence-corrected chi connectivity index (χ3v) is 5.61. The van der Waals surface area contributed by atoms with E-state index in [4.69, 9.17) is 0 Å². The molecular weight excluding hydrogens is 250 g/mol. The first-order valence-electron chi connectivity index (χ1n) is 7.58. The third kappa shape index (κ3) is 4.25. The van der Waals surface area contributed by atoms with Crippen LogP contribution in [0.1, 0.15) is 43.2 Å². The molecule has 1 N–H and O–H groups in total. The number of hydrogen-bond acceptors (Lipinski definition) is 2. The smallest absolute Gasteiger partial charge is 0.0186 e. The molecule has 0 heterocycles. The van der Waals surface area contributed by atoms with E-state index in [0.717, 1.165) is 5.92 Å². The van der Waals surface area contributed by atoms with E-state index < -0.39 is 0 Å². The SMILES string of the molecule is CNC(CSc1ccc(C)c(C)c1)C1CCCCC1. The topological polar surface area (TPSA) is 12.0 Å². The first-order valence-corrected chi connectivity index (χ1v) is 8.56. The Balaban J connectivity index is 1.89. The Morgan fingerprint density at radius 2 is 1.89 bits per heavy atom. The number of nitrogens with one attached hydrogen (secondary N) is 1. The van der Waals surface area contributed by atoms with Gasteiger partial charge in [-0.1, -0.05) is 25.3 Å². The van der Waals surface area contributed by atoms with Crippen LogP contribution < -0.4 is 5.32 Å². The molecule has 0 radical (unpaired) electrons. The van der Waals surface area contributed by atoms with Crippen LogP contribution in [0.3, 0.4) is 0 Å². The molecule has 1 unspecified atom stereocenters. The van der Waals surface area contributed by atoms with Crippen LogP contribution in [0.4, 0.5) is 0 Å². The quantitative estimate of drug-likeness (QED) is 0.792. The van der Waals surface area contributed by atoms with Crippen molar-refractivity contribution in [2.24, 2.45) is 5.92 Å². The van der Waals surface area contributed by atoms with Crippen LogP contribution in [-0.2, 0) is 0 Å². The fourth-order valence-electron chi connectivity index (χ4n) is 2.98. The minimum atomic E-state index is 0.673. The van der Waals surface area contributed by atoms with Crippen molar-refractivity contribution in [1.29, 1.82) is 0 Å². The highest BCUT2D eigenvalue weighted by atomic mass is 32.2. The number of hydrogen-bond donors (Lipinski definition) is 1. The molecule has 0 bridgehead atoms. The van der Waals surface area contributed by atoms with Gasteiger partial charge in [0.1, 0.15) is 0 Å². The van der Waals surface area contributed by atoms with E-state index in [2.05, 4.69) is 44.4 Å². The maximum absolute atomic E-state index is 3.55. The first kappa shape index (κ1) is 14.9. The monoisotopic (exact) mass is 277 g/mol. The Morgan fingerprint density at radius 3 is 2.53 bits per heavy atom. The van der Waals surface area contributed by atoms with Gasteiger partial charge in [0.15, 0.2) is 0 Å². The Bertz CT molecular complexity index is 396. The second-order valence-corrected chi connectivity index (χ2v) is 6.94. The maximum Gasteiger partial charge on any atom is 0.0186 e. The summed E-state index contributed by atoms with van der Waals surface area (Å²) in [6.07, 6.45) is 7.13. The fraction of sp³-hybridized carbons (Fsp3) is 0.647. The van der Waals surface area contributed by atoms with Crippen molar-refractivity contribution in [2.45, 2.75) is 56.9 Å². The molecule has 1 fully saturated rings. The molecule has 0 saturated heterocycles. The predicted molar refractivity (Wildman–Crippen MR) is 86.1 cm³/mol. The van der Waals surface area contributed by atoms with E-state index in [9.17, 15) is 0 Å². The van der Waals surface area contributed by atoms with Crippen molar-refractivity contribution in [1.82, 2.24) is 5.32 Å². The Hall–Kier alpha value is -0.470. The van der Waals surface area contributed by atoms with E-state index in [-0.39, 0.29) is 0 Å². The lowest BCUT2D eigenvalue weighted by Crippen LogP contribution is -2.36. The van der Waals surface area contributed by atoms with E-state index >= 15 is 0 Å². The number of rotatable bonds is 5. The average molecular weight is 277 g/mol. The summed E-state index contributed by atoms with van der Waals surface area (Å²) >= 11 is 2.01. The zero-order chi connectivity index (χ0) is 13.7. The highest BCUT2D eigenvalue weighted by Gasteiger charge is 2.22. The molecule has 2 rings (SSSR count). The molecule has 2 heteroatoms. The van der Waals surface area contributed by atoms with Crippen LogP contribution in [0, 0.1) is 19.8 Å². The fourth-order valence-corrected chi connectivity index (χ4v) is 4.22. The van der Waals surface area contributed by atoms with Gasteiger partial charge in [-0.15, -0.1) is 11.8 Å². The number of aryl methyl sites for hydroxylation is 2. The molecule has 1 aliphatic carbocycles. The summed E-state index contributed by atoms with van der Waals surface area (Å²) in [5.74, 6) is 2.08. The summed E-state index contributed by atoms with van der Waals surface area (Å²) in [6, 6.07) is 7.51. The van der Waals surface area contributed by atoms with Crippen molar-refractivity contribution in [3.8, 4) is 0 Å². The van der Waals surface area contributed by atoms with Crippen LogP contribution in [0.15, 0.2) is 23.1 Å². The number of thioether (sulfide) groups is 1. The Morgan fingerprint density at radius 1 is 1.16 bits per heavy atom. The molecule has 1 nitrogen and oxygen atoms in total. The molecule has 1 aliphatic rings. The lowest BCUT2D eigenvalue weighted by atomic mass is 9.84. The molecule has 19 heavy (non-hydrogen) atoms. The summed E-state index contributed by atoms with van der Waals surface area (Å²) < 4.78 is 0. The molecule has 0 amide bonds. The van der Waals surface area contributed by atoms with Gasteiger partial charge in [-0.05, 0) is 62.9 Å². The molecule has 1 atom stereocenters. The Labute approximate surface area is 122 Å². The highest BCUT2D eigenvalue weighted by Crippen LogP contribution is 2.30. The Kier molecular flexibility index (Phi) is 5.77. The van der Waals surface area contributed by atoms with E-state index in [1.165, 1.54) is 53.9 Å². The van der Waals surface area contributed by atoms with Gasteiger partial charge in [-0.25, -0.2) is 0 Å². The molecule has 1 aromatic rings. The summed E-state index contributed by atoms with van der Waals surface area (Å²) in [6.45, 7) is 4.39. The molecule has 0 spiro atoms. The molecule has 106 valence electrons. The van der Waals surface area contributed by atoms with Gasteiger partial charge in [-0.3, -0.25) is 0 Å². The zero-order valence-corrected chi connectivity index (χ0v) is 13.4. The van der Waals surface area contributed by atoms with Gasteiger partial charge in [0.05, 0.1) is 0 Å². The van der Waals surface area contributed by atoms with Gasteiger partial charge in [0.2, 0.25) is 0 Å². The summed E-state index contributed by atoms with van der Waals surface area (Å²) in [5.41, 5.74) is 2.80. The molecule has 1 aromatic carbocycles. The lowest BCUT2D eigenvalue weighted by molar-refractivity contribution is 0.294. The van der Waals surface area contributed by atoms with Gasteiger partial charge in [0, 0.05) is 16.7 Å². The van der Waals surface area contributed by atoms with Crippen LogP contribution in [-0.4, -0.2) is 18.8 Å². The first-order chi connectivity index (χ1) is 9.20. The second-order valence-electron chi connectivity index (χ2n) is 5.85. The molecule has 0 aliphatic heterocycles. The molecule has 1 saturated carbocycles. The normalized spacial score (nSPS) is 18.5. The van der Waals surface area contributed by atoms with Crippen LogP contribution in [0.2, 0.25) is 0 Å². The van der Waals surface area contributed by atoms with Gasteiger partial charge >= 0.3 is 0 Å². The minimum Gasteiger partial charge on any atom is -0.316 e. The van der Waals surface area contributed by atoms with E-state index in [1.54, 1.807) is 0 Å². The van der Waals surface area contributed by atoms with Crippen LogP contribution in [0.25, 0.3) is 0 Å². The summed E-state index contributed by atoms with van der Waals surface area (Å²) in [7, 11) is 2.13. The zero-order valence-electron chi connectivity index (χ0n) is 12.5. The third-order valence-electron chi connectivity index (χ3n) is 4.50. The van der Waals surface area contributed by atoms with E-state index in [0.29, 0.717) is 6.04 Å². The van der Waals surface area contributed by atoms with Gasteiger partial charge < -0.3 is 5.32 Å². The van der Waals surface area contributed by atoms with Gasteiger partial charge in [-0.2, -0.15) is 0 Å². The standard InChI is InChI=1S/C17H27NS/c1-13-9-10-16(11-14(13)2)19-12-17(18-3)15-7-5-4-6-8-15/h9-11,15,17-18H,4-8,12H2,1-3H3. The lowest BCUT2D eigenvalue weighted by Gasteiger charge is -2.29. The van der Waals surface area contributed by atoms with Crippen molar-refractivity contribution in [3.05, 3.63) is 29.3 Å². The second kappa shape index (κ2) is 7.35. The van der Waals surface area contributed by atoms with Crippen molar-refractivity contribution in [3.63, 3.8) is 0 Å². The highest BCUT2D eigenvalue weighted by molar-refractivity contribution is 7.99. The van der Waals surface area contributed by atoms with Crippen molar-refractivity contribution in [2.75, 3.05) is 12.8 Å².